The number of halogens is 2. The second-order valence-corrected chi connectivity index (χ2v) is 5.26. The number of nitrogens with zero attached hydrogens (tertiary/aromatic N) is 2. The molecule has 0 aromatic carbocycles. The molecule has 2 unspecified atom stereocenters. The van der Waals surface area contributed by atoms with Crippen LogP contribution in [0.2, 0.25) is 0 Å². The van der Waals surface area contributed by atoms with E-state index in [2.05, 4.69) is 20.4 Å². The van der Waals surface area contributed by atoms with Crippen LogP contribution >= 0.6 is 24.8 Å². The number of hydrogen-bond donors (Lipinski definition) is 2. The highest BCUT2D eigenvalue weighted by molar-refractivity contribution is 5.85. The van der Waals surface area contributed by atoms with E-state index in [4.69, 9.17) is 0 Å². The second-order valence-electron chi connectivity index (χ2n) is 5.26. The zero-order valence-electron chi connectivity index (χ0n) is 11.4. The average Bonchev–Trinajstić information content (AvgIpc) is 3.11. The number of rotatable bonds is 2. The fourth-order valence-electron chi connectivity index (χ4n) is 3.08. The largest absolute Gasteiger partial charge is 0.335 e. The van der Waals surface area contributed by atoms with Crippen molar-refractivity contribution in [1.82, 2.24) is 20.4 Å². The lowest BCUT2D eigenvalue weighted by Gasteiger charge is -2.36. The van der Waals surface area contributed by atoms with Crippen molar-refractivity contribution >= 4 is 30.7 Å². The first-order valence-electron chi connectivity index (χ1n) is 6.86. The van der Waals surface area contributed by atoms with E-state index in [0.717, 1.165) is 44.5 Å². The van der Waals surface area contributed by atoms with Crippen LogP contribution in [0.3, 0.4) is 0 Å². The molecule has 0 bridgehead atoms. The number of nitrogens with one attached hydrogen (secondary N) is 2. The molecule has 2 fully saturated rings. The zero-order chi connectivity index (χ0) is 12.4. The van der Waals surface area contributed by atoms with Gasteiger partial charge in [-0.05, 0) is 32.2 Å². The van der Waals surface area contributed by atoms with Gasteiger partial charge in [-0.25, -0.2) is 0 Å². The molecule has 5 nitrogen and oxygen atoms in total. The monoisotopic (exact) mass is 320 g/mol. The average molecular weight is 321 g/mol. The van der Waals surface area contributed by atoms with E-state index in [9.17, 15) is 4.79 Å². The second kappa shape index (κ2) is 7.86. The van der Waals surface area contributed by atoms with E-state index in [0.29, 0.717) is 5.91 Å². The minimum atomic E-state index is 0. The maximum absolute atomic E-state index is 12.6. The quantitative estimate of drug-likeness (QED) is 0.875. The first-order chi connectivity index (χ1) is 8.86. The number of hydrogen-bond acceptors (Lipinski definition) is 3. The number of piperidine rings is 1. The normalized spacial score (nSPS) is 25.7. The van der Waals surface area contributed by atoms with Gasteiger partial charge in [-0.2, -0.15) is 5.10 Å². The van der Waals surface area contributed by atoms with E-state index < -0.39 is 0 Å². The summed E-state index contributed by atoms with van der Waals surface area (Å²) in [6.07, 6.45) is 8.13. The Hall–Kier alpha value is -0.780. The van der Waals surface area contributed by atoms with Crippen LogP contribution in [0.4, 0.5) is 0 Å². The maximum Gasteiger partial charge on any atom is 0.227 e. The van der Waals surface area contributed by atoms with Gasteiger partial charge in [-0.15, -0.1) is 24.8 Å². The van der Waals surface area contributed by atoms with Crippen LogP contribution in [0.1, 0.15) is 37.3 Å². The molecule has 1 amide bonds. The number of amides is 1. The Balaban J connectivity index is 0.000001000. The molecule has 2 aliphatic heterocycles. The van der Waals surface area contributed by atoms with E-state index in [1.54, 1.807) is 0 Å². The molecule has 2 N–H and O–H groups in total. The summed E-state index contributed by atoms with van der Waals surface area (Å²) in [5.41, 5.74) is 1.15. The summed E-state index contributed by atoms with van der Waals surface area (Å²) in [4.78, 5) is 14.6. The van der Waals surface area contributed by atoms with Gasteiger partial charge in [0.25, 0.3) is 0 Å². The molecular weight excluding hydrogens is 299 g/mol. The molecule has 7 heteroatoms. The Labute approximate surface area is 131 Å². The molecule has 2 aliphatic rings. The number of aromatic nitrogens is 2. The van der Waals surface area contributed by atoms with Gasteiger partial charge >= 0.3 is 0 Å². The first-order valence-corrected chi connectivity index (χ1v) is 6.86. The molecule has 0 aliphatic carbocycles. The molecule has 2 atom stereocenters. The van der Waals surface area contributed by atoms with Crippen molar-refractivity contribution in [2.45, 2.75) is 31.7 Å². The lowest BCUT2D eigenvalue weighted by molar-refractivity contribution is -0.138. The van der Waals surface area contributed by atoms with Gasteiger partial charge in [0.1, 0.15) is 0 Å². The molecule has 20 heavy (non-hydrogen) atoms. The summed E-state index contributed by atoms with van der Waals surface area (Å²) in [6, 6.07) is 0.227. The van der Waals surface area contributed by atoms with E-state index in [1.807, 2.05) is 12.4 Å². The lowest BCUT2D eigenvalue weighted by Crippen LogP contribution is -2.42. The van der Waals surface area contributed by atoms with Crippen LogP contribution in [0.25, 0.3) is 0 Å². The molecule has 3 heterocycles. The van der Waals surface area contributed by atoms with Crippen molar-refractivity contribution in [3.8, 4) is 0 Å². The Morgan fingerprint density at radius 1 is 1.30 bits per heavy atom. The molecule has 1 aromatic heterocycles. The highest BCUT2D eigenvalue weighted by Gasteiger charge is 2.33. The van der Waals surface area contributed by atoms with Gasteiger partial charge in [-0.3, -0.25) is 9.89 Å². The number of H-pyrrole nitrogens is 1. The van der Waals surface area contributed by atoms with E-state index >= 15 is 0 Å². The number of carbonyl (C=O) groups excluding carboxylic acids is 1. The van der Waals surface area contributed by atoms with Gasteiger partial charge in [0.15, 0.2) is 0 Å². The third-order valence-electron chi connectivity index (χ3n) is 4.10. The van der Waals surface area contributed by atoms with Gasteiger partial charge in [0.05, 0.1) is 18.2 Å². The van der Waals surface area contributed by atoms with Gasteiger partial charge in [0.2, 0.25) is 5.91 Å². The van der Waals surface area contributed by atoms with Crippen molar-refractivity contribution in [3.05, 3.63) is 18.0 Å². The van der Waals surface area contributed by atoms with Crippen LogP contribution in [0.5, 0.6) is 0 Å². The van der Waals surface area contributed by atoms with Crippen molar-refractivity contribution in [1.29, 1.82) is 0 Å². The minimum absolute atomic E-state index is 0. The summed E-state index contributed by atoms with van der Waals surface area (Å²) in [6.45, 7) is 2.71. The zero-order valence-corrected chi connectivity index (χ0v) is 13.0. The van der Waals surface area contributed by atoms with E-state index in [-0.39, 0.29) is 36.8 Å². The highest BCUT2D eigenvalue weighted by atomic mass is 35.5. The van der Waals surface area contributed by atoms with Gasteiger partial charge in [0, 0.05) is 24.8 Å². The third-order valence-corrected chi connectivity index (χ3v) is 4.10. The smallest absolute Gasteiger partial charge is 0.227 e. The van der Waals surface area contributed by atoms with Gasteiger partial charge in [-0.1, -0.05) is 0 Å². The number of aromatic amines is 1. The highest BCUT2D eigenvalue weighted by Crippen LogP contribution is 2.32. The van der Waals surface area contributed by atoms with Crippen LogP contribution < -0.4 is 5.32 Å². The number of likely N-dealkylation sites (tertiary alicyclic amines) is 1. The number of carbonyl (C=O) groups is 1. The standard InChI is InChI=1S/C13H20N4O.2ClH/c18-13(10-4-5-14-7-10)17-6-2-1-3-12(17)11-8-15-16-9-11;;/h8-10,12,14H,1-7H2,(H,15,16);2*1H. The van der Waals surface area contributed by atoms with Crippen LogP contribution in [0.15, 0.2) is 12.4 Å². The first kappa shape index (κ1) is 17.3. The Kier molecular flexibility index (Phi) is 6.79. The Morgan fingerprint density at radius 2 is 2.15 bits per heavy atom. The lowest BCUT2D eigenvalue weighted by atomic mass is 9.95. The van der Waals surface area contributed by atoms with Crippen LogP contribution in [-0.2, 0) is 4.79 Å². The van der Waals surface area contributed by atoms with Crippen molar-refractivity contribution < 1.29 is 4.79 Å². The molecule has 3 rings (SSSR count). The van der Waals surface area contributed by atoms with Gasteiger partial charge < -0.3 is 10.2 Å². The minimum Gasteiger partial charge on any atom is -0.335 e. The van der Waals surface area contributed by atoms with Crippen molar-refractivity contribution in [2.24, 2.45) is 5.92 Å². The summed E-state index contributed by atoms with van der Waals surface area (Å²) in [7, 11) is 0. The molecular formula is C13H22Cl2N4O. The SMILES string of the molecule is Cl.Cl.O=C(C1CCNC1)N1CCCCC1c1cn[nH]c1. The fraction of sp³-hybridized carbons (Fsp3) is 0.692. The molecule has 0 spiro atoms. The topological polar surface area (TPSA) is 61.0 Å². The Bertz CT molecular complexity index is 407. The third kappa shape index (κ3) is 3.45. The Morgan fingerprint density at radius 3 is 2.80 bits per heavy atom. The summed E-state index contributed by atoms with van der Waals surface area (Å²) < 4.78 is 0. The predicted molar refractivity (Wildman–Crippen MR) is 82.4 cm³/mol. The van der Waals surface area contributed by atoms with Crippen molar-refractivity contribution in [3.63, 3.8) is 0 Å². The van der Waals surface area contributed by atoms with E-state index in [1.165, 1.54) is 6.42 Å². The maximum atomic E-state index is 12.6. The summed E-state index contributed by atoms with van der Waals surface area (Å²) >= 11 is 0. The molecule has 114 valence electrons. The molecule has 2 saturated heterocycles. The summed E-state index contributed by atoms with van der Waals surface area (Å²) in [5.74, 6) is 0.503. The molecule has 0 saturated carbocycles. The van der Waals surface area contributed by atoms with Crippen LogP contribution in [0, 0.1) is 5.92 Å². The predicted octanol–water partition coefficient (Wildman–Crippen LogP) is 1.92. The fourth-order valence-corrected chi connectivity index (χ4v) is 3.08. The molecule has 0 radical (unpaired) electrons. The van der Waals surface area contributed by atoms with Crippen molar-refractivity contribution in [2.75, 3.05) is 19.6 Å². The molecule has 1 aromatic rings. The van der Waals surface area contributed by atoms with Crippen LogP contribution in [-0.4, -0.2) is 40.6 Å². The summed E-state index contributed by atoms with van der Waals surface area (Å²) in [5, 5.41) is 10.1.